The molecule has 1 aliphatic rings. The van der Waals surface area contributed by atoms with E-state index in [1.54, 1.807) is 13.8 Å². The molecule has 1 aliphatic heterocycles. The summed E-state index contributed by atoms with van der Waals surface area (Å²) in [7, 11) is 0. The van der Waals surface area contributed by atoms with Crippen molar-refractivity contribution < 1.29 is 15.0 Å². The lowest BCUT2D eigenvalue weighted by molar-refractivity contribution is 0.0704. The van der Waals surface area contributed by atoms with Gasteiger partial charge < -0.3 is 15.1 Å². The second-order valence-electron chi connectivity index (χ2n) is 6.82. The van der Waals surface area contributed by atoms with Crippen molar-refractivity contribution in [2.75, 3.05) is 13.2 Å². The van der Waals surface area contributed by atoms with Crippen LogP contribution in [0.25, 0.3) is 0 Å². The van der Waals surface area contributed by atoms with Crippen LogP contribution >= 0.6 is 0 Å². The van der Waals surface area contributed by atoms with E-state index in [-0.39, 0.29) is 18.6 Å². The van der Waals surface area contributed by atoms with Crippen molar-refractivity contribution in [2.24, 2.45) is 0 Å². The quantitative estimate of drug-likeness (QED) is 0.848. The van der Waals surface area contributed by atoms with Crippen molar-refractivity contribution in [2.45, 2.75) is 57.6 Å². The second-order valence-corrected chi connectivity index (χ2v) is 6.82. The molecule has 22 heavy (non-hydrogen) atoms. The van der Waals surface area contributed by atoms with E-state index in [1.807, 2.05) is 29.2 Å². The number of likely N-dealkylation sites (tertiary alicyclic amines) is 1. The Kier molecular flexibility index (Phi) is 5.59. The standard InChI is InChI=1S/C18H27NO3/c1-18(2,22)11-9-14-5-7-15(8-6-14)17(21)19-12-3-4-16(19)10-13-20/h5-8,16,20,22H,3-4,9-13H2,1-2H3/t16-/m0/s1. The molecule has 2 rings (SSSR count). The molecule has 0 aromatic heterocycles. The average Bonchev–Trinajstić information content (AvgIpc) is 2.93. The Morgan fingerprint density at radius 1 is 1.32 bits per heavy atom. The highest BCUT2D eigenvalue weighted by molar-refractivity contribution is 5.94. The van der Waals surface area contributed by atoms with E-state index in [4.69, 9.17) is 5.11 Å². The highest BCUT2D eigenvalue weighted by Crippen LogP contribution is 2.23. The summed E-state index contributed by atoms with van der Waals surface area (Å²) in [5, 5.41) is 18.9. The van der Waals surface area contributed by atoms with Crippen molar-refractivity contribution in [3.8, 4) is 0 Å². The van der Waals surface area contributed by atoms with Crippen LogP contribution in [0.5, 0.6) is 0 Å². The molecule has 2 N–H and O–H groups in total. The number of benzene rings is 1. The van der Waals surface area contributed by atoms with Crippen LogP contribution in [0.4, 0.5) is 0 Å². The van der Waals surface area contributed by atoms with Crippen LogP contribution in [0.3, 0.4) is 0 Å². The lowest BCUT2D eigenvalue weighted by Crippen LogP contribution is -2.36. The maximum absolute atomic E-state index is 12.6. The highest BCUT2D eigenvalue weighted by Gasteiger charge is 2.28. The molecule has 0 spiro atoms. The number of nitrogens with zero attached hydrogens (tertiary/aromatic N) is 1. The van der Waals surface area contributed by atoms with Crippen molar-refractivity contribution in [3.63, 3.8) is 0 Å². The molecule has 0 radical (unpaired) electrons. The molecule has 0 saturated carbocycles. The third-order valence-electron chi connectivity index (χ3n) is 4.33. The third-order valence-corrected chi connectivity index (χ3v) is 4.33. The lowest BCUT2D eigenvalue weighted by Gasteiger charge is -2.24. The van der Waals surface area contributed by atoms with Crippen LogP contribution in [0.1, 0.15) is 55.5 Å². The Bertz CT molecular complexity index is 490. The molecule has 4 heteroatoms. The molecule has 0 unspecified atom stereocenters. The first kappa shape index (κ1) is 17.0. The van der Waals surface area contributed by atoms with E-state index < -0.39 is 5.60 Å². The molecule has 1 atom stereocenters. The minimum atomic E-state index is -0.665. The number of carbonyl (C=O) groups is 1. The van der Waals surface area contributed by atoms with Gasteiger partial charge in [-0.2, -0.15) is 0 Å². The molecule has 1 aromatic carbocycles. The third kappa shape index (κ3) is 4.55. The average molecular weight is 305 g/mol. The Hall–Kier alpha value is -1.39. The van der Waals surface area contributed by atoms with Gasteiger partial charge in [-0.15, -0.1) is 0 Å². The molecular weight excluding hydrogens is 278 g/mol. The molecule has 0 bridgehead atoms. The van der Waals surface area contributed by atoms with Gasteiger partial charge in [0.25, 0.3) is 5.91 Å². The SMILES string of the molecule is CC(C)(O)CCc1ccc(C(=O)N2CCC[C@H]2CCO)cc1. The van der Waals surface area contributed by atoms with Crippen molar-refractivity contribution in [1.82, 2.24) is 4.90 Å². The molecule has 122 valence electrons. The van der Waals surface area contributed by atoms with E-state index >= 15 is 0 Å². The zero-order chi connectivity index (χ0) is 16.2. The minimum Gasteiger partial charge on any atom is -0.396 e. The highest BCUT2D eigenvalue weighted by atomic mass is 16.3. The Morgan fingerprint density at radius 2 is 2.00 bits per heavy atom. The molecule has 1 aromatic rings. The van der Waals surface area contributed by atoms with Crippen molar-refractivity contribution in [1.29, 1.82) is 0 Å². The van der Waals surface area contributed by atoms with E-state index in [2.05, 4.69) is 0 Å². The summed E-state index contributed by atoms with van der Waals surface area (Å²) in [6.07, 6.45) is 4.16. The van der Waals surface area contributed by atoms with Gasteiger partial charge >= 0.3 is 0 Å². The molecular formula is C18H27NO3. The topological polar surface area (TPSA) is 60.8 Å². The molecule has 0 aliphatic carbocycles. The monoisotopic (exact) mass is 305 g/mol. The molecule has 4 nitrogen and oxygen atoms in total. The number of hydrogen-bond acceptors (Lipinski definition) is 3. The fourth-order valence-electron chi connectivity index (χ4n) is 2.98. The van der Waals surface area contributed by atoms with Crippen LogP contribution in [-0.2, 0) is 6.42 Å². The van der Waals surface area contributed by atoms with Crippen LogP contribution in [0, 0.1) is 0 Å². The Balaban J connectivity index is 1.99. The number of aryl methyl sites for hydroxylation is 1. The second kappa shape index (κ2) is 7.25. The summed E-state index contributed by atoms with van der Waals surface area (Å²) in [4.78, 5) is 14.5. The van der Waals surface area contributed by atoms with Gasteiger partial charge in [-0.25, -0.2) is 0 Å². The lowest BCUT2D eigenvalue weighted by atomic mass is 9.98. The van der Waals surface area contributed by atoms with Gasteiger partial charge in [0.2, 0.25) is 0 Å². The van der Waals surface area contributed by atoms with E-state index in [1.165, 1.54) is 0 Å². The van der Waals surface area contributed by atoms with Crippen LogP contribution < -0.4 is 0 Å². The first-order valence-electron chi connectivity index (χ1n) is 8.14. The van der Waals surface area contributed by atoms with E-state index in [9.17, 15) is 9.90 Å². The maximum atomic E-state index is 12.6. The molecule has 1 heterocycles. The number of carbonyl (C=O) groups excluding carboxylic acids is 1. The summed E-state index contributed by atoms with van der Waals surface area (Å²) >= 11 is 0. The van der Waals surface area contributed by atoms with Gasteiger partial charge in [-0.05, 0) is 63.6 Å². The van der Waals surface area contributed by atoms with Crippen molar-refractivity contribution in [3.05, 3.63) is 35.4 Å². The smallest absolute Gasteiger partial charge is 0.254 e. The van der Waals surface area contributed by atoms with Crippen LogP contribution in [-0.4, -0.2) is 45.8 Å². The van der Waals surface area contributed by atoms with Gasteiger partial charge in [0, 0.05) is 24.8 Å². The number of aliphatic hydroxyl groups excluding tert-OH is 1. The predicted molar refractivity (Wildman–Crippen MR) is 86.8 cm³/mol. The summed E-state index contributed by atoms with van der Waals surface area (Å²) in [6.45, 7) is 4.52. The normalized spacial score (nSPS) is 18.7. The van der Waals surface area contributed by atoms with Gasteiger partial charge in [0.1, 0.15) is 0 Å². The first-order valence-corrected chi connectivity index (χ1v) is 8.14. The fourth-order valence-corrected chi connectivity index (χ4v) is 2.98. The largest absolute Gasteiger partial charge is 0.396 e. The van der Waals surface area contributed by atoms with E-state index in [0.29, 0.717) is 18.4 Å². The van der Waals surface area contributed by atoms with Gasteiger partial charge in [-0.3, -0.25) is 4.79 Å². The number of aliphatic hydroxyl groups is 2. The molecule has 1 fully saturated rings. The number of amides is 1. The van der Waals surface area contributed by atoms with Crippen LogP contribution in [0.2, 0.25) is 0 Å². The van der Waals surface area contributed by atoms with Crippen LogP contribution in [0.15, 0.2) is 24.3 Å². The predicted octanol–water partition coefficient (Wildman–Crippen LogP) is 2.38. The summed E-state index contributed by atoms with van der Waals surface area (Å²) in [5.74, 6) is 0.0602. The van der Waals surface area contributed by atoms with Gasteiger partial charge in [-0.1, -0.05) is 12.1 Å². The van der Waals surface area contributed by atoms with Gasteiger partial charge in [0.15, 0.2) is 0 Å². The Labute approximate surface area is 132 Å². The maximum Gasteiger partial charge on any atom is 0.254 e. The summed E-state index contributed by atoms with van der Waals surface area (Å²) in [6, 6.07) is 7.85. The summed E-state index contributed by atoms with van der Waals surface area (Å²) in [5.41, 5.74) is 1.17. The van der Waals surface area contributed by atoms with Crippen molar-refractivity contribution >= 4 is 5.91 Å². The summed E-state index contributed by atoms with van der Waals surface area (Å²) < 4.78 is 0. The molecule has 1 saturated heterocycles. The molecule has 1 amide bonds. The first-order chi connectivity index (χ1) is 10.4. The Morgan fingerprint density at radius 3 is 2.59 bits per heavy atom. The number of hydrogen-bond donors (Lipinski definition) is 2. The zero-order valence-electron chi connectivity index (χ0n) is 13.6. The van der Waals surface area contributed by atoms with E-state index in [0.717, 1.165) is 31.4 Å². The number of rotatable bonds is 6. The van der Waals surface area contributed by atoms with Gasteiger partial charge in [0.05, 0.1) is 5.60 Å². The fraction of sp³-hybridized carbons (Fsp3) is 0.611. The minimum absolute atomic E-state index is 0.0602. The zero-order valence-corrected chi connectivity index (χ0v) is 13.6.